The molecule has 0 radical (unpaired) electrons. The number of alkyl halides is 6. The first kappa shape index (κ1) is 26.9. The molecule has 0 amide bonds. The zero-order valence-corrected chi connectivity index (χ0v) is 17.9. The third-order valence-corrected chi connectivity index (χ3v) is 5.32. The Labute approximate surface area is 188 Å². The van der Waals surface area contributed by atoms with E-state index in [-0.39, 0.29) is 0 Å². The molecule has 2 rings (SSSR count). The van der Waals surface area contributed by atoms with E-state index < -0.39 is 30.7 Å². The zero-order valence-electron chi connectivity index (χ0n) is 17.9. The Bertz CT molecular complexity index is 903. The number of rotatable bonds is 9. The van der Waals surface area contributed by atoms with Gasteiger partial charge in [-0.3, -0.25) is 0 Å². The molecule has 1 unspecified atom stereocenters. The SMILES string of the molecule is CCc1cc(CCCc2ccc(C(O)O)cc2)ccc1C=CC(O)C(C(F)(F)F)C(F)(F)F. The fourth-order valence-corrected chi connectivity index (χ4v) is 3.52. The summed E-state index contributed by atoms with van der Waals surface area (Å²) in [4.78, 5) is 0. The Morgan fingerprint density at radius 3 is 1.88 bits per heavy atom. The van der Waals surface area contributed by atoms with Gasteiger partial charge < -0.3 is 15.3 Å². The number of hydrogen-bond donors (Lipinski definition) is 3. The van der Waals surface area contributed by atoms with E-state index in [0.717, 1.165) is 35.6 Å². The molecule has 0 aliphatic heterocycles. The second kappa shape index (κ2) is 11.2. The standard InChI is InChI=1S/C24H26F6O3/c1-2-17-14-16(5-3-4-15-6-10-19(11-7-15)22(32)33)8-9-18(17)12-13-20(31)21(23(25,26)27)24(28,29)30/h6-14,20-22,31-33H,2-5H2,1H3. The minimum atomic E-state index is -5.61. The first-order valence-corrected chi connectivity index (χ1v) is 10.4. The summed E-state index contributed by atoms with van der Waals surface area (Å²) >= 11 is 0. The van der Waals surface area contributed by atoms with Gasteiger partial charge in [-0.05, 0) is 47.9 Å². The van der Waals surface area contributed by atoms with Gasteiger partial charge in [-0.1, -0.05) is 61.5 Å². The normalized spacial score (nSPS) is 13.9. The van der Waals surface area contributed by atoms with Crippen LogP contribution in [-0.4, -0.2) is 33.8 Å². The van der Waals surface area contributed by atoms with Crippen LogP contribution in [-0.2, 0) is 19.3 Å². The summed E-state index contributed by atoms with van der Waals surface area (Å²) in [5.41, 5.74) is 3.58. The summed E-state index contributed by atoms with van der Waals surface area (Å²) in [6.45, 7) is 1.82. The second-order valence-electron chi connectivity index (χ2n) is 7.77. The topological polar surface area (TPSA) is 60.7 Å². The van der Waals surface area contributed by atoms with Gasteiger partial charge >= 0.3 is 12.4 Å². The summed E-state index contributed by atoms with van der Waals surface area (Å²) < 4.78 is 76.5. The highest BCUT2D eigenvalue weighted by Crippen LogP contribution is 2.41. The van der Waals surface area contributed by atoms with E-state index in [9.17, 15) is 31.4 Å². The van der Waals surface area contributed by atoms with Crippen molar-refractivity contribution in [1.82, 2.24) is 0 Å². The van der Waals surface area contributed by atoms with Crippen molar-refractivity contribution in [2.45, 2.75) is 57.4 Å². The molecular weight excluding hydrogens is 450 g/mol. The maximum Gasteiger partial charge on any atom is 0.403 e. The Hall–Kier alpha value is -2.36. The molecule has 0 saturated heterocycles. The first-order chi connectivity index (χ1) is 15.3. The van der Waals surface area contributed by atoms with Crippen LogP contribution >= 0.6 is 0 Å². The van der Waals surface area contributed by atoms with Crippen LogP contribution in [0.3, 0.4) is 0 Å². The highest BCUT2D eigenvalue weighted by molar-refractivity contribution is 5.55. The molecule has 0 bridgehead atoms. The fourth-order valence-electron chi connectivity index (χ4n) is 3.52. The van der Waals surface area contributed by atoms with E-state index in [4.69, 9.17) is 10.2 Å². The smallest absolute Gasteiger partial charge is 0.388 e. The second-order valence-corrected chi connectivity index (χ2v) is 7.77. The van der Waals surface area contributed by atoms with E-state index in [1.54, 1.807) is 36.4 Å². The van der Waals surface area contributed by atoms with Crippen LogP contribution in [0.5, 0.6) is 0 Å². The minimum Gasteiger partial charge on any atom is -0.388 e. The number of aryl methyl sites for hydroxylation is 3. The maximum atomic E-state index is 12.8. The molecule has 3 nitrogen and oxygen atoms in total. The van der Waals surface area contributed by atoms with Crippen LogP contribution in [0.25, 0.3) is 6.08 Å². The third kappa shape index (κ3) is 7.87. The van der Waals surface area contributed by atoms with Gasteiger partial charge in [0.1, 0.15) is 0 Å². The van der Waals surface area contributed by atoms with Crippen molar-refractivity contribution < 1.29 is 41.7 Å². The average Bonchev–Trinajstić information content (AvgIpc) is 2.70. The molecule has 0 spiro atoms. The molecule has 0 heterocycles. The van der Waals surface area contributed by atoms with Gasteiger partial charge in [0.2, 0.25) is 0 Å². The number of benzene rings is 2. The molecular formula is C24H26F6O3. The molecule has 3 N–H and O–H groups in total. The monoisotopic (exact) mass is 476 g/mol. The third-order valence-electron chi connectivity index (χ3n) is 5.32. The van der Waals surface area contributed by atoms with Crippen molar-refractivity contribution in [2.24, 2.45) is 5.92 Å². The molecule has 2 aromatic carbocycles. The van der Waals surface area contributed by atoms with Crippen LogP contribution in [0.4, 0.5) is 26.3 Å². The van der Waals surface area contributed by atoms with Crippen molar-refractivity contribution in [1.29, 1.82) is 0 Å². The Morgan fingerprint density at radius 1 is 0.818 bits per heavy atom. The van der Waals surface area contributed by atoms with Gasteiger partial charge in [-0.2, -0.15) is 26.3 Å². The van der Waals surface area contributed by atoms with E-state index in [2.05, 4.69) is 0 Å². The Balaban J connectivity index is 2.05. The van der Waals surface area contributed by atoms with Crippen LogP contribution < -0.4 is 0 Å². The van der Waals surface area contributed by atoms with Crippen molar-refractivity contribution in [3.05, 3.63) is 76.4 Å². The molecule has 9 heteroatoms. The van der Waals surface area contributed by atoms with Gasteiger partial charge in [0.05, 0.1) is 6.10 Å². The molecule has 0 aromatic heterocycles. The lowest BCUT2D eigenvalue weighted by Crippen LogP contribution is -2.44. The molecule has 0 saturated carbocycles. The number of aliphatic hydroxyl groups is 3. The molecule has 182 valence electrons. The molecule has 0 fully saturated rings. The summed E-state index contributed by atoms with van der Waals surface area (Å²) in [6, 6.07) is 12.1. The molecule has 2 aromatic rings. The minimum absolute atomic E-state index is 0.400. The summed E-state index contributed by atoms with van der Waals surface area (Å²) in [7, 11) is 0. The van der Waals surface area contributed by atoms with Gasteiger partial charge in [0.25, 0.3) is 0 Å². The van der Waals surface area contributed by atoms with Crippen molar-refractivity contribution in [2.75, 3.05) is 0 Å². The van der Waals surface area contributed by atoms with E-state index in [1.807, 2.05) is 13.0 Å². The lowest BCUT2D eigenvalue weighted by atomic mass is 9.96. The van der Waals surface area contributed by atoms with E-state index >= 15 is 0 Å². The Morgan fingerprint density at radius 2 is 1.36 bits per heavy atom. The molecule has 33 heavy (non-hydrogen) atoms. The summed E-state index contributed by atoms with van der Waals surface area (Å²) in [5.74, 6) is -3.85. The quantitative estimate of drug-likeness (QED) is 0.330. The zero-order chi connectivity index (χ0) is 24.8. The van der Waals surface area contributed by atoms with Crippen LogP contribution in [0, 0.1) is 5.92 Å². The highest BCUT2D eigenvalue weighted by atomic mass is 19.4. The van der Waals surface area contributed by atoms with E-state index in [0.29, 0.717) is 30.0 Å². The van der Waals surface area contributed by atoms with Crippen LogP contribution in [0.1, 0.15) is 47.5 Å². The van der Waals surface area contributed by atoms with Gasteiger partial charge in [-0.15, -0.1) is 0 Å². The summed E-state index contributed by atoms with van der Waals surface area (Å²) in [5, 5.41) is 27.8. The number of aliphatic hydroxyl groups excluding tert-OH is 2. The molecule has 0 aliphatic rings. The van der Waals surface area contributed by atoms with Gasteiger partial charge in [-0.25, -0.2) is 0 Å². The lowest BCUT2D eigenvalue weighted by molar-refractivity contribution is -0.300. The summed E-state index contributed by atoms with van der Waals surface area (Å²) in [6.07, 6.45) is -11.1. The first-order valence-electron chi connectivity index (χ1n) is 10.4. The average molecular weight is 476 g/mol. The molecule has 1 atom stereocenters. The lowest BCUT2D eigenvalue weighted by Gasteiger charge is -2.25. The van der Waals surface area contributed by atoms with Gasteiger partial charge in [0, 0.05) is 5.56 Å². The number of hydrogen-bond acceptors (Lipinski definition) is 3. The molecule has 0 aliphatic carbocycles. The van der Waals surface area contributed by atoms with Crippen molar-refractivity contribution >= 4 is 6.08 Å². The van der Waals surface area contributed by atoms with E-state index in [1.165, 1.54) is 0 Å². The van der Waals surface area contributed by atoms with Crippen molar-refractivity contribution in [3.8, 4) is 0 Å². The van der Waals surface area contributed by atoms with Crippen LogP contribution in [0.2, 0.25) is 0 Å². The van der Waals surface area contributed by atoms with Crippen molar-refractivity contribution in [3.63, 3.8) is 0 Å². The predicted octanol–water partition coefficient (Wildman–Crippen LogP) is 5.52. The predicted molar refractivity (Wildman–Crippen MR) is 112 cm³/mol. The highest BCUT2D eigenvalue weighted by Gasteiger charge is 2.59. The van der Waals surface area contributed by atoms with Crippen LogP contribution in [0.15, 0.2) is 48.5 Å². The number of halogens is 6. The Kier molecular flexibility index (Phi) is 9.11. The maximum absolute atomic E-state index is 12.8. The fraction of sp³-hybridized carbons (Fsp3) is 0.417. The largest absolute Gasteiger partial charge is 0.403 e. The van der Waals surface area contributed by atoms with Gasteiger partial charge in [0.15, 0.2) is 12.2 Å².